The number of pyridine rings is 2. The van der Waals surface area contributed by atoms with E-state index in [0.29, 0.717) is 0 Å². The lowest BCUT2D eigenvalue weighted by Gasteiger charge is -1.73. The van der Waals surface area contributed by atoms with E-state index >= 15 is 0 Å². The van der Waals surface area contributed by atoms with Crippen LogP contribution in [0.2, 0.25) is 0 Å². The van der Waals surface area contributed by atoms with Crippen LogP contribution in [0.3, 0.4) is 0 Å². The van der Waals surface area contributed by atoms with Crippen LogP contribution in [0.1, 0.15) is 40.5 Å². The fourth-order valence-corrected chi connectivity index (χ4v) is 0.754. The van der Waals surface area contributed by atoms with E-state index in [1.54, 1.807) is 36.7 Å². The molecule has 0 fully saturated rings. The van der Waals surface area contributed by atoms with Crippen LogP contribution in [0.25, 0.3) is 0 Å². The molecule has 0 atom stereocenters. The summed E-state index contributed by atoms with van der Waals surface area (Å²) in [5.41, 5.74) is -0.106. The summed E-state index contributed by atoms with van der Waals surface area (Å²) in [6, 6.07) is 9.86. The zero-order valence-corrected chi connectivity index (χ0v) is 12.8. The molecule has 0 amide bonds. The number of aromatic nitrogens is 2. The topological polar surface area (TPSA) is 65.7 Å². The number of H-pyrrole nitrogens is 2. The summed E-state index contributed by atoms with van der Waals surface area (Å²) in [6.45, 7) is 8.50. The zero-order chi connectivity index (χ0) is 15.6. The van der Waals surface area contributed by atoms with Gasteiger partial charge < -0.3 is 9.97 Å². The van der Waals surface area contributed by atoms with Crippen molar-refractivity contribution in [3.05, 3.63) is 69.5 Å². The standard InChI is InChI=1S/2C5H5NO.2C3H8/c2*7-5-3-1-2-4-6-5;2*1-3-2/h2*1-4H,(H,6,7);2*3H2,1-2H3. The normalized spacial score (nSPS) is 7.80. The maximum absolute atomic E-state index is 10.2. The van der Waals surface area contributed by atoms with Gasteiger partial charge in [0.25, 0.3) is 0 Å². The Labute approximate surface area is 120 Å². The minimum atomic E-state index is -0.0532. The van der Waals surface area contributed by atoms with Crippen LogP contribution in [0, 0.1) is 0 Å². The molecular weight excluding hydrogens is 252 g/mol. The maximum atomic E-state index is 10.2. The average Bonchev–Trinajstić information content (AvgIpc) is 2.43. The van der Waals surface area contributed by atoms with Gasteiger partial charge in [0.2, 0.25) is 11.1 Å². The van der Waals surface area contributed by atoms with Crippen LogP contribution in [0.15, 0.2) is 58.4 Å². The van der Waals surface area contributed by atoms with Gasteiger partial charge in [0.15, 0.2) is 0 Å². The number of nitrogens with one attached hydrogen (secondary N) is 2. The van der Waals surface area contributed by atoms with Crippen LogP contribution in [0.5, 0.6) is 0 Å². The highest BCUT2D eigenvalue weighted by Gasteiger charge is 1.70. The molecule has 2 rings (SSSR count). The third kappa shape index (κ3) is 18.3. The molecule has 0 unspecified atom stereocenters. The van der Waals surface area contributed by atoms with Gasteiger partial charge in [-0.1, -0.05) is 52.7 Å². The summed E-state index contributed by atoms with van der Waals surface area (Å²) in [5, 5.41) is 0. The molecule has 0 aliphatic heterocycles. The van der Waals surface area contributed by atoms with Crippen LogP contribution in [0.4, 0.5) is 0 Å². The second-order valence-electron chi connectivity index (χ2n) is 3.87. The first kappa shape index (κ1) is 20.2. The Hall–Kier alpha value is -2.10. The summed E-state index contributed by atoms with van der Waals surface area (Å²) < 4.78 is 0. The summed E-state index contributed by atoms with van der Waals surface area (Å²) in [7, 11) is 0. The molecule has 0 aromatic carbocycles. The first-order chi connectivity index (χ1) is 9.62. The van der Waals surface area contributed by atoms with Crippen molar-refractivity contribution in [2.75, 3.05) is 0 Å². The Morgan fingerprint density at radius 2 is 1.00 bits per heavy atom. The van der Waals surface area contributed by atoms with Crippen molar-refractivity contribution in [3.63, 3.8) is 0 Å². The Kier molecular flexibility index (Phi) is 17.1. The van der Waals surface area contributed by atoms with Gasteiger partial charge in [-0.2, -0.15) is 0 Å². The van der Waals surface area contributed by atoms with Gasteiger partial charge >= 0.3 is 0 Å². The molecule has 0 aliphatic rings. The fourth-order valence-electron chi connectivity index (χ4n) is 0.754. The molecular formula is C16H26N2O2. The van der Waals surface area contributed by atoms with E-state index in [2.05, 4.69) is 37.7 Å². The lowest BCUT2D eigenvalue weighted by atomic mass is 10.5. The Balaban J connectivity index is 0. The van der Waals surface area contributed by atoms with E-state index in [1.807, 2.05) is 0 Å². The molecule has 20 heavy (non-hydrogen) atoms. The van der Waals surface area contributed by atoms with Crippen molar-refractivity contribution in [1.82, 2.24) is 9.97 Å². The van der Waals surface area contributed by atoms with E-state index in [4.69, 9.17) is 0 Å². The molecule has 112 valence electrons. The molecule has 0 saturated carbocycles. The second-order valence-corrected chi connectivity index (χ2v) is 3.87. The van der Waals surface area contributed by atoms with E-state index in [1.165, 1.54) is 25.0 Å². The summed E-state index contributed by atoms with van der Waals surface area (Å²) >= 11 is 0. The number of hydrogen-bond acceptors (Lipinski definition) is 2. The molecule has 2 aromatic rings. The van der Waals surface area contributed by atoms with Crippen molar-refractivity contribution in [2.24, 2.45) is 0 Å². The maximum Gasteiger partial charge on any atom is 0.247 e. The average molecular weight is 278 g/mol. The van der Waals surface area contributed by atoms with Crippen LogP contribution >= 0.6 is 0 Å². The number of aromatic amines is 2. The molecule has 4 nitrogen and oxygen atoms in total. The van der Waals surface area contributed by atoms with Crippen molar-refractivity contribution < 1.29 is 0 Å². The molecule has 0 spiro atoms. The van der Waals surface area contributed by atoms with E-state index in [0.717, 1.165) is 0 Å². The predicted molar refractivity (Wildman–Crippen MR) is 86.1 cm³/mol. The molecule has 0 saturated heterocycles. The molecule has 0 aliphatic carbocycles. The van der Waals surface area contributed by atoms with Gasteiger partial charge in [-0.3, -0.25) is 9.59 Å². The van der Waals surface area contributed by atoms with Gasteiger partial charge in [0, 0.05) is 24.5 Å². The highest BCUT2D eigenvalue weighted by atomic mass is 16.1. The largest absolute Gasteiger partial charge is 0.329 e. The molecule has 4 heteroatoms. The van der Waals surface area contributed by atoms with Crippen LogP contribution < -0.4 is 11.1 Å². The molecule has 2 aromatic heterocycles. The fraction of sp³-hybridized carbons (Fsp3) is 0.375. The molecule has 0 bridgehead atoms. The van der Waals surface area contributed by atoms with Crippen molar-refractivity contribution >= 4 is 0 Å². The second kappa shape index (κ2) is 16.9. The van der Waals surface area contributed by atoms with Crippen LogP contribution in [-0.2, 0) is 0 Å². The van der Waals surface area contributed by atoms with Crippen LogP contribution in [-0.4, -0.2) is 9.97 Å². The van der Waals surface area contributed by atoms with Crippen molar-refractivity contribution in [1.29, 1.82) is 0 Å². The van der Waals surface area contributed by atoms with Gasteiger partial charge in [-0.15, -0.1) is 0 Å². The quantitative estimate of drug-likeness (QED) is 0.773. The SMILES string of the molecule is CCC.CCC.O=c1cccc[nH]1.O=c1cccc[nH]1. The minimum Gasteiger partial charge on any atom is -0.329 e. The third-order valence-electron chi connectivity index (χ3n) is 1.36. The lowest BCUT2D eigenvalue weighted by Crippen LogP contribution is -1.98. The molecule has 2 N–H and O–H groups in total. The Bertz CT molecular complexity index is 421. The Morgan fingerprint density at radius 3 is 1.10 bits per heavy atom. The highest BCUT2D eigenvalue weighted by Crippen LogP contribution is 1.67. The van der Waals surface area contributed by atoms with Gasteiger partial charge in [-0.05, 0) is 12.1 Å². The summed E-state index contributed by atoms with van der Waals surface area (Å²) in [5.74, 6) is 0. The molecule has 0 radical (unpaired) electrons. The van der Waals surface area contributed by atoms with E-state index < -0.39 is 0 Å². The first-order valence-corrected chi connectivity index (χ1v) is 6.89. The van der Waals surface area contributed by atoms with E-state index in [9.17, 15) is 9.59 Å². The van der Waals surface area contributed by atoms with Gasteiger partial charge in [0.05, 0.1) is 0 Å². The summed E-state index contributed by atoms with van der Waals surface area (Å²) in [4.78, 5) is 25.4. The lowest BCUT2D eigenvalue weighted by molar-refractivity contribution is 1.09. The van der Waals surface area contributed by atoms with Gasteiger partial charge in [0.1, 0.15) is 0 Å². The summed E-state index contributed by atoms with van der Waals surface area (Å²) in [6.07, 6.45) is 5.70. The highest BCUT2D eigenvalue weighted by molar-refractivity contribution is 4.89. The minimum absolute atomic E-state index is 0.0532. The predicted octanol–water partition coefficient (Wildman–Crippen LogP) is 3.58. The monoisotopic (exact) mass is 278 g/mol. The van der Waals surface area contributed by atoms with Gasteiger partial charge in [-0.25, -0.2) is 0 Å². The van der Waals surface area contributed by atoms with Crippen molar-refractivity contribution in [2.45, 2.75) is 40.5 Å². The molecule has 2 heterocycles. The Morgan fingerprint density at radius 1 is 0.700 bits per heavy atom. The number of rotatable bonds is 0. The number of hydrogen-bond donors (Lipinski definition) is 2. The van der Waals surface area contributed by atoms with Crippen molar-refractivity contribution in [3.8, 4) is 0 Å². The zero-order valence-electron chi connectivity index (χ0n) is 12.8. The first-order valence-electron chi connectivity index (χ1n) is 6.89. The smallest absolute Gasteiger partial charge is 0.247 e. The van der Waals surface area contributed by atoms with E-state index in [-0.39, 0.29) is 11.1 Å². The third-order valence-corrected chi connectivity index (χ3v) is 1.36.